The summed E-state index contributed by atoms with van der Waals surface area (Å²) in [5, 5.41) is 12.2. The molecule has 0 bridgehead atoms. The summed E-state index contributed by atoms with van der Waals surface area (Å²) in [6.45, 7) is 13.3. The number of cyclic esters (lactones) is 1. The van der Waals surface area contributed by atoms with Crippen LogP contribution in [0.5, 0.6) is 0 Å². The fourth-order valence-corrected chi connectivity index (χ4v) is 10.2. The molecular formula is C30H40O9. The highest BCUT2D eigenvalue weighted by molar-refractivity contribution is 5.82. The van der Waals surface area contributed by atoms with Gasteiger partial charge in [0.25, 0.3) is 0 Å². The van der Waals surface area contributed by atoms with Gasteiger partial charge in [0.05, 0.1) is 18.6 Å². The summed E-state index contributed by atoms with van der Waals surface area (Å²) in [5.41, 5.74) is -2.68. The van der Waals surface area contributed by atoms with Gasteiger partial charge in [-0.25, -0.2) is 4.79 Å². The van der Waals surface area contributed by atoms with Crippen LogP contribution < -0.4 is 0 Å². The Labute approximate surface area is 228 Å². The van der Waals surface area contributed by atoms with Crippen LogP contribution in [-0.2, 0) is 33.3 Å². The molecule has 2 aliphatic heterocycles. The second-order valence-electron chi connectivity index (χ2n) is 13.8. The average Bonchev–Trinajstić information content (AvgIpc) is 3.41. The quantitative estimate of drug-likeness (QED) is 0.340. The van der Waals surface area contributed by atoms with Gasteiger partial charge in [-0.2, -0.15) is 0 Å². The number of carbonyl (C=O) groups is 3. The first-order valence-corrected chi connectivity index (χ1v) is 14.1. The minimum Gasteiger partial charge on any atom is -0.472 e. The van der Waals surface area contributed by atoms with Crippen LogP contribution in [0.25, 0.3) is 0 Å². The normalized spacial score (nSPS) is 49.3. The van der Waals surface area contributed by atoms with Crippen LogP contribution in [0.1, 0.15) is 85.8 Å². The van der Waals surface area contributed by atoms with Crippen molar-refractivity contribution >= 4 is 17.9 Å². The first-order chi connectivity index (χ1) is 18.2. The summed E-state index contributed by atoms with van der Waals surface area (Å²) in [6, 6.07) is 1.82. The molecule has 1 spiro atoms. The highest BCUT2D eigenvalue weighted by atomic mass is 16.7. The first-order valence-electron chi connectivity index (χ1n) is 14.1. The van der Waals surface area contributed by atoms with Crippen molar-refractivity contribution < 1.29 is 42.9 Å². The minimum absolute atomic E-state index is 0.126. The lowest BCUT2D eigenvalue weighted by Crippen LogP contribution is -2.75. The maximum absolute atomic E-state index is 13.3. The third kappa shape index (κ3) is 3.12. The fraction of sp³-hybridized carbons (Fsp3) is 0.767. The number of ether oxygens (including phenoxy) is 4. The number of hydrogen-bond donors (Lipinski definition) is 1. The van der Waals surface area contributed by atoms with Crippen molar-refractivity contribution in [3.8, 4) is 0 Å². The molecule has 214 valence electrons. The van der Waals surface area contributed by atoms with Gasteiger partial charge in [-0.15, -0.1) is 0 Å². The van der Waals surface area contributed by atoms with Crippen LogP contribution in [0.15, 0.2) is 23.0 Å². The standard InChI is InChI=1S/C30H40O9/c1-15(31)36-21-13-22(37-16(2)32)28(6)18-8-10-27(5)23(17-9-11-35-14-17)38-25(34)24-30(27,39-24)29(18,7)20(33)12-19(28)26(21,3)4/h9,11,14,18-24,33H,8,10,12-13H2,1-7H3/t18?,19?,20?,21?,22?,23?,24?,27-,28-,29-,30-/m0/s1. The molecule has 7 unspecified atom stereocenters. The predicted octanol–water partition coefficient (Wildman–Crippen LogP) is 4.12. The van der Waals surface area contributed by atoms with Gasteiger partial charge in [-0.05, 0) is 37.2 Å². The fourth-order valence-electron chi connectivity index (χ4n) is 10.2. The Morgan fingerprint density at radius 2 is 1.64 bits per heavy atom. The number of carbonyl (C=O) groups excluding carboxylic acids is 3. The summed E-state index contributed by atoms with van der Waals surface area (Å²) >= 11 is 0. The Hall–Kier alpha value is -2.39. The molecule has 11 atom stereocenters. The number of hydrogen-bond acceptors (Lipinski definition) is 9. The Kier molecular flexibility index (Phi) is 5.56. The monoisotopic (exact) mass is 544 g/mol. The molecule has 0 amide bonds. The highest BCUT2D eigenvalue weighted by Gasteiger charge is 2.88. The molecular weight excluding hydrogens is 504 g/mol. The second kappa shape index (κ2) is 8.09. The molecule has 9 nitrogen and oxygen atoms in total. The van der Waals surface area contributed by atoms with Crippen molar-refractivity contribution in [3.63, 3.8) is 0 Å². The van der Waals surface area contributed by atoms with Gasteiger partial charge < -0.3 is 28.5 Å². The van der Waals surface area contributed by atoms with Gasteiger partial charge in [0.1, 0.15) is 23.9 Å². The third-order valence-electron chi connectivity index (χ3n) is 11.9. The van der Waals surface area contributed by atoms with E-state index in [1.807, 2.05) is 6.07 Å². The molecule has 5 aliphatic rings. The molecule has 3 saturated carbocycles. The van der Waals surface area contributed by atoms with Gasteiger partial charge in [0, 0.05) is 47.5 Å². The topological polar surface area (TPSA) is 125 Å². The largest absolute Gasteiger partial charge is 0.472 e. The minimum atomic E-state index is -0.953. The second-order valence-corrected chi connectivity index (χ2v) is 13.8. The molecule has 1 N–H and O–H groups in total. The smallest absolute Gasteiger partial charge is 0.339 e. The molecule has 2 saturated heterocycles. The van der Waals surface area contributed by atoms with E-state index in [-0.39, 0.29) is 17.8 Å². The van der Waals surface area contributed by atoms with Gasteiger partial charge >= 0.3 is 17.9 Å². The number of epoxide rings is 1. The summed E-state index contributed by atoms with van der Waals surface area (Å²) in [4.78, 5) is 37.8. The van der Waals surface area contributed by atoms with E-state index in [1.165, 1.54) is 13.8 Å². The molecule has 5 fully saturated rings. The molecule has 6 rings (SSSR count). The molecule has 9 heteroatoms. The number of rotatable bonds is 3. The number of furan rings is 1. The molecule has 1 aromatic rings. The number of aliphatic hydroxyl groups excluding tert-OH is 1. The first kappa shape index (κ1) is 26.8. The molecule has 0 radical (unpaired) electrons. The lowest BCUT2D eigenvalue weighted by Gasteiger charge is -2.71. The van der Waals surface area contributed by atoms with E-state index in [4.69, 9.17) is 23.4 Å². The van der Waals surface area contributed by atoms with E-state index in [9.17, 15) is 19.5 Å². The molecule has 3 aliphatic carbocycles. The summed E-state index contributed by atoms with van der Waals surface area (Å²) in [6.07, 6.45) is 2.18. The van der Waals surface area contributed by atoms with Gasteiger partial charge in [-0.1, -0.05) is 34.6 Å². The Morgan fingerprint density at radius 1 is 0.974 bits per heavy atom. The lowest BCUT2D eigenvalue weighted by atomic mass is 9.34. The SMILES string of the molecule is CC(=O)OC1CC(OC(C)=O)[C@]2(C)C(CC(O)[C@]3(C)C2CC[C@@]2(C)C(c4ccoc4)OC(=O)C4O[C@]432)C1(C)C. The Bertz CT molecular complexity index is 1210. The molecule has 3 heterocycles. The van der Waals surface area contributed by atoms with E-state index >= 15 is 0 Å². The summed E-state index contributed by atoms with van der Waals surface area (Å²) < 4.78 is 29.7. The maximum Gasteiger partial charge on any atom is 0.339 e. The Balaban J connectivity index is 1.49. The molecule has 0 aromatic carbocycles. The van der Waals surface area contributed by atoms with Crippen LogP contribution in [0, 0.1) is 33.5 Å². The van der Waals surface area contributed by atoms with E-state index in [0.29, 0.717) is 25.7 Å². The van der Waals surface area contributed by atoms with E-state index < -0.39 is 69.7 Å². The van der Waals surface area contributed by atoms with E-state index in [0.717, 1.165) is 5.56 Å². The zero-order chi connectivity index (χ0) is 28.3. The zero-order valence-electron chi connectivity index (χ0n) is 23.8. The van der Waals surface area contributed by atoms with Crippen molar-refractivity contribution in [1.29, 1.82) is 0 Å². The molecule has 39 heavy (non-hydrogen) atoms. The zero-order valence-corrected chi connectivity index (χ0v) is 23.8. The predicted molar refractivity (Wildman–Crippen MR) is 136 cm³/mol. The van der Waals surface area contributed by atoms with Crippen molar-refractivity contribution in [1.82, 2.24) is 0 Å². The lowest BCUT2D eigenvalue weighted by molar-refractivity contribution is -0.296. The third-order valence-corrected chi connectivity index (χ3v) is 11.9. The summed E-state index contributed by atoms with van der Waals surface area (Å²) in [7, 11) is 0. The van der Waals surface area contributed by atoms with Crippen LogP contribution >= 0.6 is 0 Å². The highest BCUT2D eigenvalue weighted by Crippen LogP contribution is 2.80. The number of esters is 3. The van der Waals surface area contributed by atoms with E-state index in [2.05, 4.69) is 34.6 Å². The van der Waals surface area contributed by atoms with Crippen LogP contribution in [0.4, 0.5) is 0 Å². The van der Waals surface area contributed by atoms with Crippen LogP contribution in [0.2, 0.25) is 0 Å². The van der Waals surface area contributed by atoms with Crippen molar-refractivity contribution in [3.05, 3.63) is 24.2 Å². The van der Waals surface area contributed by atoms with Crippen molar-refractivity contribution in [2.24, 2.45) is 33.5 Å². The Morgan fingerprint density at radius 3 is 2.26 bits per heavy atom. The average molecular weight is 545 g/mol. The molecule has 1 aromatic heterocycles. The van der Waals surface area contributed by atoms with Crippen molar-refractivity contribution in [2.75, 3.05) is 0 Å². The van der Waals surface area contributed by atoms with Crippen molar-refractivity contribution in [2.45, 2.75) is 110 Å². The van der Waals surface area contributed by atoms with Gasteiger partial charge in [0.15, 0.2) is 6.10 Å². The van der Waals surface area contributed by atoms with Gasteiger partial charge in [-0.3, -0.25) is 9.59 Å². The van der Waals surface area contributed by atoms with Crippen LogP contribution in [0.3, 0.4) is 0 Å². The number of fused-ring (bicyclic) bond motifs is 3. The summed E-state index contributed by atoms with van der Waals surface area (Å²) in [5.74, 6) is -1.47. The number of aliphatic hydroxyl groups is 1. The maximum atomic E-state index is 13.3. The van der Waals surface area contributed by atoms with Gasteiger partial charge in [0.2, 0.25) is 0 Å². The van der Waals surface area contributed by atoms with Crippen LogP contribution in [-0.4, -0.2) is 53.0 Å². The van der Waals surface area contributed by atoms with E-state index in [1.54, 1.807) is 12.5 Å².